The molecule has 0 bridgehead atoms. The Labute approximate surface area is 184 Å². The first-order valence-electron chi connectivity index (χ1n) is 11.2. The van der Waals surface area contributed by atoms with Crippen LogP contribution in [0.2, 0.25) is 0 Å². The number of sulfonamides is 1. The zero-order valence-electron chi connectivity index (χ0n) is 18.4. The van der Waals surface area contributed by atoms with Gasteiger partial charge in [0.2, 0.25) is 15.9 Å². The number of piperidine rings is 1. The number of hydrogen-bond acceptors (Lipinski definition) is 5. The Morgan fingerprint density at radius 3 is 2.71 bits per heavy atom. The smallest absolute Gasteiger partial charge is 0.243 e. The summed E-state index contributed by atoms with van der Waals surface area (Å²) < 4.78 is 35.1. The lowest BCUT2D eigenvalue weighted by molar-refractivity contribution is -0.131. The van der Waals surface area contributed by atoms with E-state index in [1.54, 1.807) is 21.3 Å². The van der Waals surface area contributed by atoms with Gasteiger partial charge in [-0.05, 0) is 43.9 Å². The molecule has 2 aromatic rings. The summed E-state index contributed by atoms with van der Waals surface area (Å²) in [6.45, 7) is 2.56. The van der Waals surface area contributed by atoms with Crippen molar-refractivity contribution in [3.8, 4) is 0 Å². The molecule has 0 aliphatic carbocycles. The molecule has 9 heteroatoms. The Morgan fingerprint density at radius 1 is 1.23 bits per heavy atom. The predicted molar refractivity (Wildman–Crippen MR) is 118 cm³/mol. The summed E-state index contributed by atoms with van der Waals surface area (Å²) in [4.78, 5) is 19.2. The van der Waals surface area contributed by atoms with Gasteiger partial charge in [-0.15, -0.1) is 0 Å². The van der Waals surface area contributed by atoms with E-state index in [4.69, 9.17) is 4.74 Å². The van der Waals surface area contributed by atoms with E-state index in [9.17, 15) is 13.2 Å². The van der Waals surface area contributed by atoms with Gasteiger partial charge in [0.15, 0.2) is 0 Å². The summed E-state index contributed by atoms with van der Waals surface area (Å²) in [6, 6.07) is 5.14. The average Bonchev–Trinajstić information content (AvgIpc) is 3.40. The molecular weight excluding hydrogens is 416 g/mol. The summed E-state index contributed by atoms with van der Waals surface area (Å²) >= 11 is 0. The molecule has 3 heterocycles. The van der Waals surface area contributed by atoms with Crippen LogP contribution in [0.5, 0.6) is 0 Å². The number of carbonyl (C=O) groups is 1. The number of fused-ring (bicyclic) bond motifs is 1. The normalized spacial score (nSPS) is 20.4. The maximum Gasteiger partial charge on any atom is 0.243 e. The molecular formula is C22H32N4O4S. The number of amides is 1. The highest BCUT2D eigenvalue weighted by Gasteiger charge is 2.27. The van der Waals surface area contributed by atoms with Crippen molar-refractivity contribution in [1.29, 1.82) is 0 Å². The van der Waals surface area contributed by atoms with Crippen molar-refractivity contribution >= 4 is 27.0 Å². The SMILES string of the molecule is CN(CC1CCCO1)C(=O)CCc1nc2cc(S(=O)(=O)N3CCCCC3)ccc2n1C. The molecule has 1 aromatic heterocycles. The number of likely N-dealkylation sites (N-methyl/N-ethyl adjacent to an activating group) is 1. The van der Waals surface area contributed by atoms with E-state index >= 15 is 0 Å². The molecule has 1 unspecified atom stereocenters. The van der Waals surface area contributed by atoms with Gasteiger partial charge in [-0.2, -0.15) is 4.31 Å². The molecule has 8 nitrogen and oxygen atoms in total. The highest BCUT2D eigenvalue weighted by molar-refractivity contribution is 7.89. The fourth-order valence-electron chi connectivity index (χ4n) is 4.47. The van der Waals surface area contributed by atoms with E-state index in [1.165, 1.54) is 0 Å². The Kier molecular flexibility index (Phi) is 6.64. The quantitative estimate of drug-likeness (QED) is 0.649. The van der Waals surface area contributed by atoms with Gasteiger partial charge in [0.1, 0.15) is 5.82 Å². The van der Waals surface area contributed by atoms with Crippen molar-refractivity contribution in [1.82, 2.24) is 18.8 Å². The number of hydrogen-bond donors (Lipinski definition) is 0. The first kappa shape index (κ1) is 22.2. The van der Waals surface area contributed by atoms with Crippen molar-refractivity contribution in [2.45, 2.75) is 55.9 Å². The first-order chi connectivity index (χ1) is 14.9. The highest BCUT2D eigenvalue weighted by atomic mass is 32.2. The zero-order valence-corrected chi connectivity index (χ0v) is 19.2. The molecule has 1 atom stereocenters. The molecule has 2 aliphatic rings. The summed E-state index contributed by atoms with van der Waals surface area (Å²) in [6.07, 6.45) is 5.97. The lowest BCUT2D eigenvalue weighted by Crippen LogP contribution is -2.35. The summed E-state index contributed by atoms with van der Waals surface area (Å²) in [5, 5.41) is 0. The van der Waals surface area contributed by atoms with E-state index in [-0.39, 0.29) is 12.0 Å². The predicted octanol–water partition coefficient (Wildman–Crippen LogP) is 2.32. The van der Waals surface area contributed by atoms with E-state index in [0.717, 1.165) is 50.1 Å². The Bertz CT molecular complexity index is 1040. The molecule has 0 N–H and O–H groups in total. The Morgan fingerprint density at radius 2 is 2.00 bits per heavy atom. The van der Waals surface area contributed by atoms with Gasteiger partial charge in [-0.25, -0.2) is 13.4 Å². The lowest BCUT2D eigenvalue weighted by Gasteiger charge is -2.25. The van der Waals surface area contributed by atoms with Gasteiger partial charge in [-0.3, -0.25) is 4.79 Å². The van der Waals surface area contributed by atoms with Crippen LogP contribution < -0.4 is 0 Å². The minimum absolute atomic E-state index is 0.0657. The van der Waals surface area contributed by atoms with Gasteiger partial charge in [0.25, 0.3) is 0 Å². The molecule has 2 saturated heterocycles. The highest BCUT2D eigenvalue weighted by Crippen LogP contribution is 2.25. The molecule has 4 rings (SSSR count). The standard InChI is InChI=1S/C22H32N4O4S/c1-24(16-17-7-6-14-30-17)22(27)11-10-21-23-19-15-18(8-9-20(19)25(21)2)31(28,29)26-12-4-3-5-13-26/h8-9,15,17H,3-7,10-14,16H2,1-2H3. The van der Waals surface area contributed by atoms with Gasteiger partial charge in [-0.1, -0.05) is 6.42 Å². The number of carbonyl (C=O) groups excluding carboxylic acids is 1. The molecule has 0 spiro atoms. The Balaban J connectivity index is 1.45. The van der Waals surface area contributed by atoms with Crippen molar-refractivity contribution in [2.24, 2.45) is 7.05 Å². The van der Waals surface area contributed by atoms with Crippen molar-refractivity contribution in [3.05, 3.63) is 24.0 Å². The summed E-state index contributed by atoms with van der Waals surface area (Å²) in [5.41, 5.74) is 1.52. The van der Waals surface area contributed by atoms with Crippen molar-refractivity contribution < 1.29 is 17.9 Å². The molecule has 31 heavy (non-hydrogen) atoms. The number of ether oxygens (including phenoxy) is 1. The summed E-state index contributed by atoms with van der Waals surface area (Å²) in [7, 11) is 0.229. The second kappa shape index (κ2) is 9.26. The monoisotopic (exact) mass is 448 g/mol. The van der Waals surface area contributed by atoms with Crippen LogP contribution >= 0.6 is 0 Å². The van der Waals surface area contributed by atoms with Crippen LogP contribution in [0, 0.1) is 0 Å². The van der Waals surface area contributed by atoms with Gasteiger partial charge in [0.05, 0.1) is 22.0 Å². The van der Waals surface area contributed by atoms with Gasteiger partial charge < -0.3 is 14.2 Å². The third-order valence-corrected chi connectivity index (χ3v) is 8.28. The Hall–Kier alpha value is -1.97. The molecule has 1 aromatic carbocycles. The second-order valence-electron chi connectivity index (χ2n) is 8.61. The molecule has 1 amide bonds. The minimum atomic E-state index is -3.49. The maximum atomic E-state index is 13.0. The second-order valence-corrected chi connectivity index (χ2v) is 10.5. The maximum absolute atomic E-state index is 13.0. The first-order valence-corrected chi connectivity index (χ1v) is 12.6. The molecule has 2 aliphatic heterocycles. The van der Waals surface area contributed by atoms with Crippen LogP contribution in [0.25, 0.3) is 11.0 Å². The van der Waals surface area contributed by atoms with Crippen molar-refractivity contribution in [3.63, 3.8) is 0 Å². The molecule has 0 saturated carbocycles. The number of rotatable bonds is 7. The van der Waals surface area contributed by atoms with Crippen LogP contribution in [-0.4, -0.2) is 72.5 Å². The molecule has 170 valence electrons. The third kappa shape index (κ3) is 4.78. The molecule has 2 fully saturated rings. The minimum Gasteiger partial charge on any atom is -0.376 e. The number of aromatic nitrogens is 2. The molecule has 0 radical (unpaired) electrons. The third-order valence-electron chi connectivity index (χ3n) is 6.39. The van der Waals surface area contributed by atoms with E-state index in [2.05, 4.69) is 4.98 Å². The average molecular weight is 449 g/mol. The fourth-order valence-corrected chi connectivity index (χ4v) is 6.01. The number of benzene rings is 1. The van der Waals surface area contributed by atoms with Crippen molar-refractivity contribution in [2.75, 3.05) is 33.3 Å². The number of nitrogens with zero attached hydrogens (tertiary/aromatic N) is 4. The van der Waals surface area contributed by atoms with Crippen LogP contribution in [-0.2, 0) is 33.0 Å². The van der Waals surface area contributed by atoms with E-state index in [0.29, 0.717) is 42.9 Å². The fraction of sp³-hybridized carbons (Fsp3) is 0.636. The zero-order chi connectivity index (χ0) is 22.0. The van der Waals surface area contributed by atoms with E-state index in [1.807, 2.05) is 24.7 Å². The summed E-state index contributed by atoms with van der Waals surface area (Å²) in [5.74, 6) is 0.845. The van der Waals surface area contributed by atoms with E-state index < -0.39 is 10.0 Å². The van der Waals surface area contributed by atoms with Gasteiger partial charge >= 0.3 is 0 Å². The number of aryl methyl sites for hydroxylation is 2. The van der Waals surface area contributed by atoms with Crippen LogP contribution in [0.3, 0.4) is 0 Å². The van der Waals surface area contributed by atoms with Crippen LogP contribution in [0.1, 0.15) is 44.3 Å². The van der Waals surface area contributed by atoms with Gasteiger partial charge in [0, 0.05) is 53.2 Å². The van der Waals surface area contributed by atoms with Crippen LogP contribution in [0.15, 0.2) is 23.1 Å². The largest absolute Gasteiger partial charge is 0.376 e. The lowest BCUT2D eigenvalue weighted by atomic mass is 10.2. The topological polar surface area (TPSA) is 84.7 Å². The number of imidazole rings is 1. The van der Waals surface area contributed by atoms with Crippen LogP contribution in [0.4, 0.5) is 0 Å².